The Hall–Kier alpha value is -1.13. The first-order valence-corrected chi connectivity index (χ1v) is 5.75. The lowest BCUT2D eigenvalue weighted by Crippen LogP contribution is -2.29. The smallest absolute Gasteiger partial charge is 0.0637 e. The molecule has 4 nitrogen and oxygen atoms in total. The highest BCUT2D eigenvalue weighted by Crippen LogP contribution is 2.31. The Labute approximate surface area is 96.4 Å². The van der Waals surface area contributed by atoms with Gasteiger partial charge in [0.25, 0.3) is 0 Å². The van der Waals surface area contributed by atoms with Crippen LogP contribution in [0.4, 0.5) is 5.69 Å². The van der Waals surface area contributed by atoms with Crippen molar-refractivity contribution < 1.29 is 4.74 Å². The highest BCUT2D eigenvalue weighted by atomic mass is 16.5. The molecule has 1 saturated carbocycles. The molecule has 0 atom stereocenters. The van der Waals surface area contributed by atoms with Gasteiger partial charge in [-0.05, 0) is 25.0 Å². The molecule has 0 spiro atoms. The Morgan fingerprint density at radius 2 is 2.38 bits per heavy atom. The van der Waals surface area contributed by atoms with E-state index < -0.39 is 0 Å². The minimum Gasteiger partial charge on any atom is -0.383 e. The lowest BCUT2D eigenvalue weighted by Gasteiger charge is -2.24. The number of ether oxygens (including phenoxy) is 1. The van der Waals surface area contributed by atoms with Gasteiger partial charge in [0, 0.05) is 38.1 Å². The molecule has 4 heteroatoms. The van der Waals surface area contributed by atoms with Crippen LogP contribution in [0.15, 0.2) is 18.3 Å². The maximum atomic E-state index is 5.61. The first-order chi connectivity index (χ1) is 7.85. The molecule has 0 aliphatic heterocycles. The van der Waals surface area contributed by atoms with Gasteiger partial charge in [-0.1, -0.05) is 0 Å². The molecule has 1 fully saturated rings. The maximum Gasteiger partial charge on any atom is 0.0637 e. The number of anilines is 1. The molecule has 1 aliphatic rings. The van der Waals surface area contributed by atoms with Crippen LogP contribution in [-0.4, -0.2) is 31.3 Å². The van der Waals surface area contributed by atoms with Crippen LogP contribution < -0.4 is 10.6 Å². The van der Waals surface area contributed by atoms with Crippen LogP contribution in [0.2, 0.25) is 0 Å². The summed E-state index contributed by atoms with van der Waals surface area (Å²) in [5.74, 6) is 0. The van der Waals surface area contributed by atoms with Gasteiger partial charge in [0.15, 0.2) is 0 Å². The molecular weight excluding hydrogens is 202 g/mol. The third-order valence-corrected chi connectivity index (χ3v) is 2.86. The predicted octanol–water partition coefficient (Wildman–Crippen LogP) is 1.16. The van der Waals surface area contributed by atoms with Gasteiger partial charge in [-0.3, -0.25) is 4.98 Å². The first kappa shape index (κ1) is 11.4. The van der Waals surface area contributed by atoms with Crippen molar-refractivity contribution in [2.45, 2.75) is 25.4 Å². The monoisotopic (exact) mass is 221 g/mol. The SMILES string of the molecule is COCCN(c1ccnc(CN)c1)C1CC1. The van der Waals surface area contributed by atoms with E-state index in [2.05, 4.69) is 16.0 Å². The highest BCUT2D eigenvalue weighted by molar-refractivity contribution is 5.48. The second-order valence-corrected chi connectivity index (χ2v) is 4.13. The van der Waals surface area contributed by atoms with Gasteiger partial charge in [-0.15, -0.1) is 0 Å². The van der Waals surface area contributed by atoms with E-state index in [9.17, 15) is 0 Å². The van der Waals surface area contributed by atoms with Crippen LogP contribution in [0.25, 0.3) is 0 Å². The molecule has 1 aromatic heterocycles. The molecule has 1 aromatic rings. The summed E-state index contributed by atoms with van der Waals surface area (Å²) in [5, 5.41) is 0. The Morgan fingerprint density at radius 1 is 1.56 bits per heavy atom. The molecule has 0 saturated heterocycles. The van der Waals surface area contributed by atoms with Crippen molar-refractivity contribution in [1.82, 2.24) is 4.98 Å². The van der Waals surface area contributed by atoms with Crippen molar-refractivity contribution in [1.29, 1.82) is 0 Å². The lowest BCUT2D eigenvalue weighted by molar-refractivity contribution is 0.205. The number of pyridine rings is 1. The maximum absolute atomic E-state index is 5.61. The summed E-state index contributed by atoms with van der Waals surface area (Å²) in [6.45, 7) is 2.20. The van der Waals surface area contributed by atoms with Crippen molar-refractivity contribution in [2.24, 2.45) is 5.73 Å². The van der Waals surface area contributed by atoms with Crippen LogP contribution >= 0.6 is 0 Å². The second kappa shape index (κ2) is 5.27. The van der Waals surface area contributed by atoms with E-state index in [-0.39, 0.29) is 0 Å². The van der Waals surface area contributed by atoms with E-state index >= 15 is 0 Å². The van der Waals surface area contributed by atoms with Gasteiger partial charge in [-0.2, -0.15) is 0 Å². The summed E-state index contributed by atoms with van der Waals surface area (Å²) in [6, 6.07) is 4.81. The highest BCUT2D eigenvalue weighted by Gasteiger charge is 2.28. The van der Waals surface area contributed by atoms with Gasteiger partial charge in [-0.25, -0.2) is 0 Å². The summed E-state index contributed by atoms with van der Waals surface area (Å²) in [7, 11) is 1.74. The Kier molecular flexibility index (Phi) is 3.74. The standard InChI is InChI=1S/C12H19N3O/c1-16-7-6-15(11-2-3-11)12-4-5-14-10(8-12)9-13/h4-5,8,11H,2-3,6-7,9,13H2,1H3. The van der Waals surface area contributed by atoms with Crippen molar-refractivity contribution in [2.75, 3.05) is 25.2 Å². The largest absolute Gasteiger partial charge is 0.383 e. The van der Waals surface area contributed by atoms with Crippen LogP contribution in [0, 0.1) is 0 Å². The number of methoxy groups -OCH3 is 1. The van der Waals surface area contributed by atoms with E-state index in [0.717, 1.165) is 18.8 Å². The Morgan fingerprint density at radius 3 is 3.00 bits per heavy atom. The van der Waals surface area contributed by atoms with E-state index in [1.165, 1.54) is 18.5 Å². The van der Waals surface area contributed by atoms with Crippen LogP contribution in [0.5, 0.6) is 0 Å². The summed E-state index contributed by atoms with van der Waals surface area (Å²) in [4.78, 5) is 6.61. The quantitative estimate of drug-likeness (QED) is 0.783. The van der Waals surface area contributed by atoms with Crippen molar-refractivity contribution in [3.8, 4) is 0 Å². The van der Waals surface area contributed by atoms with Crippen molar-refractivity contribution in [3.63, 3.8) is 0 Å². The van der Waals surface area contributed by atoms with Crippen LogP contribution in [0.3, 0.4) is 0 Å². The topological polar surface area (TPSA) is 51.4 Å². The molecule has 1 heterocycles. The van der Waals surface area contributed by atoms with Gasteiger partial charge in [0.1, 0.15) is 0 Å². The predicted molar refractivity (Wildman–Crippen MR) is 64.4 cm³/mol. The number of nitrogens with two attached hydrogens (primary N) is 1. The van der Waals surface area contributed by atoms with Gasteiger partial charge < -0.3 is 15.4 Å². The van der Waals surface area contributed by atoms with Gasteiger partial charge in [0.05, 0.1) is 12.3 Å². The minimum absolute atomic E-state index is 0.497. The number of nitrogens with zero attached hydrogens (tertiary/aromatic N) is 2. The van der Waals surface area contributed by atoms with Crippen LogP contribution in [0.1, 0.15) is 18.5 Å². The molecule has 0 radical (unpaired) electrons. The summed E-state index contributed by atoms with van der Waals surface area (Å²) in [6.07, 6.45) is 4.40. The van der Waals surface area contributed by atoms with E-state index in [1.54, 1.807) is 7.11 Å². The average molecular weight is 221 g/mol. The molecule has 16 heavy (non-hydrogen) atoms. The molecule has 0 amide bonds. The van der Waals surface area contributed by atoms with Crippen molar-refractivity contribution >= 4 is 5.69 Å². The molecule has 0 unspecified atom stereocenters. The van der Waals surface area contributed by atoms with Crippen LogP contribution in [-0.2, 0) is 11.3 Å². The number of hydrogen-bond acceptors (Lipinski definition) is 4. The third-order valence-electron chi connectivity index (χ3n) is 2.86. The zero-order valence-electron chi connectivity index (χ0n) is 9.72. The van der Waals surface area contributed by atoms with E-state index in [4.69, 9.17) is 10.5 Å². The number of hydrogen-bond donors (Lipinski definition) is 1. The normalized spacial score (nSPS) is 15.1. The number of rotatable bonds is 6. The van der Waals surface area contributed by atoms with E-state index in [0.29, 0.717) is 12.6 Å². The lowest BCUT2D eigenvalue weighted by atomic mass is 10.2. The zero-order chi connectivity index (χ0) is 11.4. The molecule has 2 N–H and O–H groups in total. The third kappa shape index (κ3) is 2.71. The molecule has 88 valence electrons. The molecular formula is C12H19N3O. The average Bonchev–Trinajstić information content (AvgIpc) is 3.14. The fourth-order valence-corrected chi connectivity index (χ4v) is 1.85. The fraction of sp³-hybridized carbons (Fsp3) is 0.583. The first-order valence-electron chi connectivity index (χ1n) is 5.75. The van der Waals surface area contributed by atoms with Gasteiger partial charge >= 0.3 is 0 Å². The summed E-state index contributed by atoms with van der Waals surface area (Å²) in [5.41, 5.74) is 7.77. The molecule has 0 bridgehead atoms. The van der Waals surface area contributed by atoms with Gasteiger partial charge in [0.2, 0.25) is 0 Å². The van der Waals surface area contributed by atoms with Crippen molar-refractivity contribution in [3.05, 3.63) is 24.0 Å². The fourth-order valence-electron chi connectivity index (χ4n) is 1.85. The molecule has 2 rings (SSSR count). The molecule has 0 aromatic carbocycles. The number of aromatic nitrogens is 1. The zero-order valence-corrected chi connectivity index (χ0v) is 9.72. The Bertz CT molecular complexity index is 339. The minimum atomic E-state index is 0.497. The summed E-state index contributed by atoms with van der Waals surface area (Å²) < 4.78 is 5.15. The summed E-state index contributed by atoms with van der Waals surface area (Å²) >= 11 is 0. The molecule has 1 aliphatic carbocycles. The second-order valence-electron chi connectivity index (χ2n) is 4.13. The Balaban J connectivity index is 2.10. The van der Waals surface area contributed by atoms with E-state index in [1.807, 2.05) is 12.3 Å².